The van der Waals surface area contributed by atoms with Crippen molar-refractivity contribution < 1.29 is 4.79 Å². The molecule has 1 heterocycles. The summed E-state index contributed by atoms with van der Waals surface area (Å²) in [6.45, 7) is 0. The molecule has 0 amide bonds. The van der Waals surface area contributed by atoms with Crippen molar-refractivity contribution in [2.45, 2.75) is 0 Å². The molecule has 0 radical (unpaired) electrons. The lowest BCUT2D eigenvalue weighted by molar-refractivity contribution is 0.112. The first kappa shape index (κ1) is 8.38. The van der Waals surface area contributed by atoms with Crippen LogP contribution in [0.1, 0.15) is 10.4 Å². The zero-order valence-electron chi connectivity index (χ0n) is 6.70. The summed E-state index contributed by atoms with van der Waals surface area (Å²) >= 11 is 3.38. The Morgan fingerprint density at radius 3 is 2.92 bits per heavy atom. The van der Waals surface area contributed by atoms with E-state index >= 15 is 0 Å². The molecule has 0 N–H and O–H groups in total. The van der Waals surface area contributed by atoms with E-state index in [-0.39, 0.29) is 0 Å². The van der Waals surface area contributed by atoms with E-state index in [0.29, 0.717) is 5.56 Å². The van der Waals surface area contributed by atoms with Gasteiger partial charge in [0.1, 0.15) is 0 Å². The van der Waals surface area contributed by atoms with E-state index in [9.17, 15) is 4.79 Å². The fourth-order valence-electron chi connectivity index (χ4n) is 1.26. The van der Waals surface area contributed by atoms with Gasteiger partial charge in [0, 0.05) is 21.6 Å². The first-order chi connectivity index (χ1) is 6.33. The molecule has 2 nitrogen and oxygen atoms in total. The van der Waals surface area contributed by atoms with Crippen LogP contribution in [0.15, 0.2) is 34.9 Å². The van der Waals surface area contributed by atoms with Crippen LogP contribution in [0.3, 0.4) is 0 Å². The molecule has 1 aromatic carbocycles. The summed E-state index contributed by atoms with van der Waals surface area (Å²) in [4.78, 5) is 14.9. The number of fused-ring (bicyclic) bond motifs is 1. The van der Waals surface area contributed by atoms with Crippen molar-refractivity contribution in [3.63, 3.8) is 0 Å². The summed E-state index contributed by atoms with van der Waals surface area (Å²) in [5, 5.41) is 0.881. The molecule has 0 fully saturated rings. The molecule has 64 valence electrons. The molecular weight excluding hydrogens is 230 g/mol. The lowest BCUT2D eigenvalue weighted by atomic mass is 10.1. The maximum absolute atomic E-state index is 10.7. The Kier molecular flexibility index (Phi) is 2.10. The fraction of sp³-hybridized carbons (Fsp3) is 0. The fourth-order valence-corrected chi connectivity index (χ4v) is 1.71. The van der Waals surface area contributed by atoms with Crippen LogP contribution in [0.2, 0.25) is 0 Å². The molecule has 0 atom stereocenters. The van der Waals surface area contributed by atoms with Crippen LogP contribution in [0.5, 0.6) is 0 Å². The Bertz CT molecular complexity index is 467. The van der Waals surface area contributed by atoms with Crippen LogP contribution in [0.25, 0.3) is 10.9 Å². The van der Waals surface area contributed by atoms with Gasteiger partial charge in [-0.25, -0.2) is 0 Å². The van der Waals surface area contributed by atoms with Gasteiger partial charge in [0.2, 0.25) is 0 Å². The van der Waals surface area contributed by atoms with Gasteiger partial charge in [0.25, 0.3) is 0 Å². The monoisotopic (exact) mass is 235 g/mol. The van der Waals surface area contributed by atoms with Gasteiger partial charge < -0.3 is 0 Å². The number of hydrogen-bond acceptors (Lipinski definition) is 2. The third-order valence-electron chi connectivity index (χ3n) is 1.88. The lowest BCUT2D eigenvalue weighted by Gasteiger charge is -2.00. The Balaban J connectivity index is 2.92. The van der Waals surface area contributed by atoms with E-state index in [4.69, 9.17) is 0 Å². The minimum atomic E-state index is 0.673. The summed E-state index contributed by atoms with van der Waals surface area (Å²) in [6, 6.07) is 7.32. The van der Waals surface area contributed by atoms with Crippen molar-refractivity contribution in [1.29, 1.82) is 0 Å². The van der Waals surface area contributed by atoms with Gasteiger partial charge in [-0.05, 0) is 34.1 Å². The van der Waals surface area contributed by atoms with Crippen LogP contribution in [-0.4, -0.2) is 11.3 Å². The van der Waals surface area contributed by atoms with Gasteiger partial charge in [-0.15, -0.1) is 0 Å². The summed E-state index contributed by atoms with van der Waals surface area (Å²) in [5.74, 6) is 0. The van der Waals surface area contributed by atoms with Crippen molar-refractivity contribution in [2.75, 3.05) is 0 Å². The van der Waals surface area contributed by atoms with Crippen molar-refractivity contribution in [3.05, 3.63) is 40.5 Å². The van der Waals surface area contributed by atoms with E-state index in [1.807, 2.05) is 18.2 Å². The number of halogens is 1. The van der Waals surface area contributed by atoms with E-state index < -0.39 is 0 Å². The molecule has 0 spiro atoms. The number of aromatic nitrogens is 1. The highest BCUT2D eigenvalue weighted by atomic mass is 79.9. The number of nitrogens with zero attached hydrogens (tertiary/aromatic N) is 1. The minimum Gasteiger partial charge on any atom is -0.298 e. The van der Waals surface area contributed by atoms with Gasteiger partial charge >= 0.3 is 0 Å². The zero-order chi connectivity index (χ0) is 9.26. The number of carbonyl (C=O) groups is 1. The summed E-state index contributed by atoms with van der Waals surface area (Å²) < 4.78 is 0.911. The topological polar surface area (TPSA) is 30.0 Å². The maximum atomic E-state index is 10.7. The highest BCUT2D eigenvalue weighted by Gasteiger charge is 2.02. The zero-order valence-corrected chi connectivity index (χ0v) is 8.28. The van der Waals surface area contributed by atoms with E-state index in [1.54, 1.807) is 12.3 Å². The summed E-state index contributed by atoms with van der Waals surface area (Å²) in [5.41, 5.74) is 1.50. The third-order valence-corrected chi connectivity index (χ3v) is 2.52. The molecule has 0 saturated heterocycles. The molecule has 13 heavy (non-hydrogen) atoms. The van der Waals surface area contributed by atoms with Crippen molar-refractivity contribution in [2.24, 2.45) is 0 Å². The predicted octanol–water partition coefficient (Wildman–Crippen LogP) is 2.81. The van der Waals surface area contributed by atoms with Crippen LogP contribution in [-0.2, 0) is 0 Å². The van der Waals surface area contributed by atoms with Crippen molar-refractivity contribution in [1.82, 2.24) is 4.98 Å². The molecule has 3 heteroatoms. The Hall–Kier alpha value is -1.22. The van der Waals surface area contributed by atoms with Gasteiger partial charge in [0.05, 0.1) is 5.52 Å². The second-order valence-electron chi connectivity index (χ2n) is 2.65. The Morgan fingerprint density at radius 2 is 2.15 bits per heavy atom. The molecule has 0 aliphatic heterocycles. The number of rotatable bonds is 1. The molecule has 0 bridgehead atoms. The normalized spacial score (nSPS) is 10.2. The molecular formula is C10H6BrNO. The van der Waals surface area contributed by atoms with Gasteiger partial charge in [-0.1, -0.05) is 6.07 Å². The van der Waals surface area contributed by atoms with Crippen molar-refractivity contribution in [3.8, 4) is 0 Å². The lowest BCUT2D eigenvalue weighted by Crippen LogP contribution is -1.86. The second-order valence-corrected chi connectivity index (χ2v) is 3.51. The molecule has 2 rings (SSSR count). The third kappa shape index (κ3) is 1.35. The molecule has 0 unspecified atom stereocenters. The number of aldehydes is 1. The minimum absolute atomic E-state index is 0.673. The second kappa shape index (κ2) is 3.26. The number of carbonyl (C=O) groups excluding carboxylic acids is 1. The van der Waals surface area contributed by atoms with Crippen LogP contribution < -0.4 is 0 Å². The van der Waals surface area contributed by atoms with Gasteiger partial charge in [-0.2, -0.15) is 0 Å². The van der Waals surface area contributed by atoms with Crippen molar-refractivity contribution >= 4 is 33.1 Å². The Labute approximate surface area is 83.7 Å². The molecule has 0 saturated carbocycles. The van der Waals surface area contributed by atoms with E-state index in [1.165, 1.54) is 0 Å². The van der Waals surface area contributed by atoms with Gasteiger partial charge in [-0.3, -0.25) is 9.78 Å². The largest absolute Gasteiger partial charge is 0.298 e. The number of hydrogen-bond donors (Lipinski definition) is 0. The molecule has 1 aromatic heterocycles. The predicted molar refractivity (Wildman–Crippen MR) is 54.8 cm³/mol. The number of benzene rings is 1. The summed E-state index contributed by atoms with van der Waals surface area (Å²) in [7, 11) is 0. The highest BCUT2D eigenvalue weighted by Crippen LogP contribution is 2.23. The molecule has 0 aliphatic carbocycles. The standard InChI is InChI=1S/C10H6BrNO/c11-9-4-3-7(6-13)8-2-1-5-12-10(8)9/h1-6H. The first-order valence-corrected chi connectivity index (χ1v) is 4.60. The van der Waals surface area contributed by atoms with Crippen LogP contribution >= 0.6 is 15.9 Å². The van der Waals surface area contributed by atoms with Crippen LogP contribution in [0, 0.1) is 0 Å². The van der Waals surface area contributed by atoms with E-state index in [0.717, 1.165) is 21.7 Å². The van der Waals surface area contributed by atoms with Crippen LogP contribution in [0.4, 0.5) is 0 Å². The Morgan fingerprint density at radius 1 is 1.31 bits per heavy atom. The number of pyridine rings is 1. The first-order valence-electron chi connectivity index (χ1n) is 3.81. The quantitative estimate of drug-likeness (QED) is 0.712. The highest BCUT2D eigenvalue weighted by molar-refractivity contribution is 9.10. The smallest absolute Gasteiger partial charge is 0.150 e. The average molecular weight is 236 g/mol. The summed E-state index contributed by atoms with van der Waals surface area (Å²) in [6.07, 6.45) is 2.55. The average Bonchev–Trinajstić information content (AvgIpc) is 2.19. The van der Waals surface area contributed by atoms with E-state index in [2.05, 4.69) is 20.9 Å². The SMILES string of the molecule is O=Cc1ccc(Br)c2ncccc12. The maximum Gasteiger partial charge on any atom is 0.150 e. The van der Waals surface area contributed by atoms with Gasteiger partial charge in [0.15, 0.2) is 6.29 Å². The molecule has 0 aliphatic rings. The molecule has 2 aromatic rings.